The summed E-state index contributed by atoms with van der Waals surface area (Å²) >= 11 is 0. The average Bonchev–Trinajstić information content (AvgIpc) is 2.28. The molecule has 0 spiro atoms. The second kappa shape index (κ2) is 6.03. The van der Waals surface area contributed by atoms with Crippen molar-refractivity contribution in [1.82, 2.24) is 0 Å². The molecule has 1 aromatic carbocycles. The molecule has 1 aromatic rings. The third-order valence-corrected chi connectivity index (χ3v) is 2.07. The Bertz CT molecular complexity index is 410. The van der Waals surface area contributed by atoms with Gasteiger partial charge in [0.2, 0.25) is 5.78 Å². The summed E-state index contributed by atoms with van der Waals surface area (Å²) in [6, 6.07) is 7.04. The van der Waals surface area contributed by atoms with Gasteiger partial charge in [-0.2, -0.15) is 0 Å². The van der Waals surface area contributed by atoms with Crippen LogP contribution in [0.5, 0.6) is 5.75 Å². The van der Waals surface area contributed by atoms with E-state index in [0.29, 0.717) is 5.75 Å². The van der Waals surface area contributed by atoms with E-state index in [1.807, 2.05) is 0 Å². The van der Waals surface area contributed by atoms with Crippen LogP contribution in [0.4, 0.5) is 0 Å². The summed E-state index contributed by atoms with van der Waals surface area (Å²) in [6.07, 6.45) is -0.250. The van der Waals surface area contributed by atoms with Gasteiger partial charge in [-0.15, -0.1) is 0 Å². The number of benzene rings is 1. The minimum absolute atomic E-state index is 0.0305. The second-order valence-corrected chi connectivity index (χ2v) is 3.91. The first kappa shape index (κ1) is 13.2. The summed E-state index contributed by atoms with van der Waals surface area (Å²) in [6.45, 7) is 3.41. The molecule has 17 heavy (non-hydrogen) atoms. The van der Waals surface area contributed by atoms with Crippen LogP contribution >= 0.6 is 0 Å². The van der Waals surface area contributed by atoms with Crippen LogP contribution in [0.1, 0.15) is 19.4 Å². The predicted octanol–water partition coefficient (Wildman–Crippen LogP) is 1.76. The minimum atomic E-state index is -0.789. The molecular formula is C13H16O4. The summed E-state index contributed by atoms with van der Waals surface area (Å²) in [4.78, 5) is 22.8. The number of rotatable bonds is 5. The Morgan fingerprint density at radius 3 is 2.59 bits per heavy atom. The number of Topliss-reactive ketones (excluding diaryl/α,β-unsaturated/α-hetero) is 1. The fraction of sp³-hybridized carbons (Fsp3) is 0.385. The van der Waals surface area contributed by atoms with Gasteiger partial charge in [0.25, 0.3) is 0 Å². The van der Waals surface area contributed by atoms with Crippen molar-refractivity contribution < 1.29 is 19.1 Å². The van der Waals surface area contributed by atoms with Crippen LogP contribution < -0.4 is 4.74 Å². The molecule has 92 valence electrons. The summed E-state index contributed by atoms with van der Waals surface area (Å²) < 4.78 is 9.86. The second-order valence-electron chi connectivity index (χ2n) is 3.91. The predicted molar refractivity (Wildman–Crippen MR) is 62.9 cm³/mol. The number of carbonyl (C=O) groups excluding carboxylic acids is 2. The third kappa shape index (κ3) is 4.26. The Kier molecular flexibility index (Phi) is 4.69. The summed E-state index contributed by atoms with van der Waals surface area (Å²) in [5, 5.41) is 0. The molecule has 0 aliphatic carbocycles. The van der Waals surface area contributed by atoms with E-state index in [1.54, 1.807) is 45.2 Å². The van der Waals surface area contributed by atoms with Gasteiger partial charge in [-0.1, -0.05) is 12.1 Å². The molecule has 0 fully saturated rings. The molecule has 4 heteroatoms. The molecule has 0 amide bonds. The zero-order chi connectivity index (χ0) is 12.8. The molecule has 0 atom stereocenters. The van der Waals surface area contributed by atoms with Crippen LogP contribution in [-0.2, 0) is 20.7 Å². The Labute approximate surface area is 101 Å². The smallest absolute Gasteiger partial charge is 0.375 e. The van der Waals surface area contributed by atoms with Gasteiger partial charge >= 0.3 is 5.97 Å². The number of esters is 1. The fourth-order valence-corrected chi connectivity index (χ4v) is 1.32. The summed E-state index contributed by atoms with van der Waals surface area (Å²) in [7, 11) is 1.55. The molecule has 0 bridgehead atoms. The minimum Gasteiger partial charge on any atom is -0.497 e. The lowest BCUT2D eigenvalue weighted by atomic mass is 10.1. The maximum absolute atomic E-state index is 11.5. The number of methoxy groups -OCH3 is 1. The van der Waals surface area contributed by atoms with Crippen LogP contribution in [0, 0.1) is 0 Å². The highest BCUT2D eigenvalue weighted by atomic mass is 16.5. The van der Waals surface area contributed by atoms with Crippen molar-refractivity contribution >= 4 is 11.8 Å². The van der Waals surface area contributed by atoms with Gasteiger partial charge in [0, 0.05) is 6.42 Å². The summed E-state index contributed by atoms with van der Waals surface area (Å²) in [5.41, 5.74) is 0.732. The fourth-order valence-electron chi connectivity index (χ4n) is 1.32. The lowest BCUT2D eigenvalue weighted by Crippen LogP contribution is -2.22. The van der Waals surface area contributed by atoms with Crippen molar-refractivity contribution in [1.29, 1.82) is 0 Å². The maximum Gasteiger partial charge on any atom is 0.375 e. The van der Waals surface area contributed by atoms with E-state index >= 15 is 0 Å². The van der Waals surface area contributed by atoms with E-state index in [-0.39, 0.29) is 12.5 Å². The Morgan fingerprint density at radius 2 is 2.00 bits per heavy atom. The Balaban J connectivity index is 2.64. The topological polar surface area (TPSA) is 52.6 Å². The highest BCUT2D eigenvalue weighted by Gasteiger charge is 2.17. The zero-order valence-corrected chi connectivity index (χ0v) is 10.2. The average molecular weight is 236 g/mol. The molecule has 4 nitrogen and oxygen atoms in total. The molecule has 0 radical (unpaired) electrons. The van der Waals surface area contributed by atoms with E-state index in [9.17, 15) is 9.59 Å². The number of hydrogen-bond acceptors (Lipinski definition) is 4. The van der Waals surface area contributed by atoms with Crippen LogP contribution in [-0.4, -0.2) is 25.0 Å². The van der Waals surface area contributed by atoms with E-state index in [0.717, 1.165) is 5.56 Å². The van der Waals surface area contributed by atoms with Crippen molar-refractivity contribution in [2.24, 2.45) is 0 Å². The Morgan fingerprint density at radius 1 is 1.29 bits per heavy atom. The van der Waals surface area contributed by atoms with Crippen molar-refractivity contribution in [2.75, 3.05) is 7.11 Å². The van der Waals surface area contributed by atoms with E-state index < -0.39 is 11.8 Å². The molecule has 0 aliphatic heterocycles. The molecule has 0 heterocycles. The van der Waals surface area contributed by atoms with Crippen molar-refractivity contribution in [3.63, 3.8) is 0 Å². The van der Waals surface area contributed by atoms with Gasteiger partial charge in [0.15, 0.2) is 0 Å². The largest absolute Gasteiger partial charge is 0.497 e. The molecule has 1 rings (SSSR count). The summed E-state index contributed by atoms with van der Waals surface area (Å²) in [5.74, 6) is -0.678. The maximum atomic E-state index is 11.5. The molecule has 0 saturated heterocycles. The van der Waals surface area contributed by atoms with Crippen LogP contribution in [0.25, 0.3) is 0 Å². The lowest BCUT2D eigenvalue weighted by Gasteiger charge is -2.07. The molecule has 0 saturated carbocycles. The number of hydrogen-bond donors (Lipinski definition) is 0. The van der Waals surface area contributed by atoms with Gasteiger partial charge in [0.1, 0.15) is 5.75 Å². The first-order valence-electron chi connectivity index (χ1n) is 5.39. The standard InChI is InChI=1S/C13H16O4/c1-9(2)17-13(15)12(14)8-10-5-4-6-11(7-10)16-3/h4-7,9H,8H2,1-3H3. The van der Waals surface area contributed by atoms with Gasteiger partial charge in [-0.3, -0.25) is 4.79 Å². The lowest BCUT2D eigenvalue weighted by molar-refractivity contribution is -0.156. The number of carbonyl (C=O) groups is 2. The van der Waals surface area contributed by atoms with E-state index in [2.05, 4.69) is 0 Å². The first-order valence-corrected chi connectivity index (χ1v) is 5.39. The number of ether oxygens (including phenoxy) is 2. The van der Waals surface area contributed by atoms with E-state index in [1.165, 1.54) is 0 Å². The molecule has 0 aromatic heterocycles. The van der Waals surface area contributed by atoms with Crippen molar-refractivity contribution in [3.8, 4) is 5.75 Å². The van der Waals surface area contributed by atoms with Crippen molar-refractivity contribution in [2.45, 2.75) is 26.4 Å². The molecular weight excluding hydrogens is 220 g/mol. The molecule has 0 unspecified atom stereocenters. The SMILES string of the molecule is COc1cccc(CC(=O)C(=O)OC(C)C)c1. The number of ketones is 1. The van der Waals surface area contributed by atoms with Gasteiger partial charge in [0.05, 0.1) is 13.2 Å². The van der Waals surface area contributed by atoms with Crippen LogP contribution in [0.2, 0.25) is 0 Å². The third-order valence-electron chi connectivity index (χ3n) is 2.07. The van der Waals surface area contributed by atoms with Crippen molar-refractivity contribution in [3.05, 3.63) is 29.8 Å². The highest BCUT2D eigenvalue weighted by molar-refractivity contribution is 6.34. The van der Waals surface area contributed by atoms with Gasteiger partial charge in [-0.25, -0.2) is 4.79 Å². The van der Waals surface area contributed by atoms with Gasteiger partial charge in [-0.05, 0) is 31.5 Å². The molecule has 0 aliphatic rings. The highest BCUT2D eigenvalue weighted by Crippen LogP contribution is 2.13. The zero-order valence-electron chi connectivity index (χ0n) is 10.2. The quantitative estimate of drug-likeness (QED) is 0.577. The van der Waals surface area contributed by atoms with Gasteiger partial charge < -0.3 is 9.47 Å². The van der Waals surface area contributed by atoms with E-state index in [4.69, 9.17) is 9.47 Å². The Hall–Kier alpha value is -1.84. The van der Waals surface area contributed by atoms with Crippen LogP contribution in [0.15, 0.2) is 24.3 Å². The normalized spacial score (nSPS) is 10.1. The van der Waals surface area contributed by atoms with Crippen LogP contribution in [0.3, 0.4) is 0 Å². The molecule has 0 N–H and O–H groups in total. The first-order chi connectivity index (χ1) is 8.02. The monoisotopic (exact) mass is 236 g/mol.